The summed E-state index contributed by atoms with van der Waals surface area (Å²) in [5.41, 5.74) is 8.24. The van der Waals surface area contributed by atoms with Crippen LogP contribution in [0.25, 0.3) is 11.0 Å². The number of nitrogens with two attached hydrogens (primary N) is 1. The van der Waals surface area contributed by atoms with Crippen LogP contribution in [0.15, 0.2) is 35.4 Å². The largest absolute Gasteiger partial charge is 0.481 e. The van der Waals surface area contributed by atoms with E-state index in [1.807, 2.05) is 32.0 Å². The van der Waals surface area contributed by atoms with Gasteiger partial charge in [-0.2, -0.15) is 0 Å². The minimum Gasteiger partial charge on any atom is -0.481 e. The number of rotatable bonds is 5. The van der Waals surface area contributed by atoms with Gasteiger partial charge in [-0.15, -0.1) is 11.8 Å². The summed E-state index contributed by atoms with van der Waals surface area (Å²) < 4.78 is 19.5. The topological polar surface area (TPSA) is 118 Å². The maximum absolute atomic E-state index is 14.3. The highest BCUT2D eigenvalue weighted by Gasteiger charge is 2.35. The lowest BCUT2D eigenvalue weighted by molar-refractivity contribution is -0.113. The van der Waals surface area contributed by atoms with Crippen LogP contribution in [-0.4, -0.2) is 71.3 Å². The highest BCUT2D eigenvalue weighted by molar-refractivity contribution is 8.00. The van der Waals surface area contributed by atoms with Gasteiger partial charge in [0.15, 0.2) is 0 Å². The third kappa shape index (κ3) is 8.53. The van der Waals surface area contributed by atoms with E-state index in [4.69, 9.17) is 10.5 Å². The van der Waals surface area contributed by atoms with Gasteiger partial charge in [-0.1, -0.05) is 26.7 Å². The Morgan fingerprint density at radius 2 is 1.70 bits per heavy atom. The van der Waals surface area contributed by atoms with Crippen LogP contribution in [0.2, 0.25) is 0 Å². The number of ether oxygens (including phenoxy) is 1. The number of carbonyl (C=O) groups is 1. The van der Waals surface area contributed by atoms with Gasteiger partial charge in [0.2, 0.25) is 11.8 Å². The van der Waals surface area contributed by atoms with E-state index in [1.165, 1.54) is 82.7 Å². The molecule has 2 saturated carbocycles. The molecule has 8 rings (SSSR count). The summed E-state index contributed by atoms with van der Waals surface area (Å²) >= 11 is 1.50. The van der Waals surface area contributed by atoms with Gasteiger partial charge in [0.05, 0.1) is 40.7 Å². The van der Waals surface area contributed by atoms with E-state index >= 15 is 0 Å². The van der Waals surface area contributed by atoms with E-state index < -0.39 is 0 Å². The molecule has 250 valence electrons. The first kappa shape index (κ1) is 34.5. The smallest absolute Gasteiger partial charge is 0.235 e. The van der Waals surface area contributed by atoms with Crippen molar-refractivity contribution in [3.63, 3.8) is 0 Å². The van der Waals surface area contributed by atoms with Gasteiger partial charge < -0.3 is 26.0 Å². The fourth-order valence-corrected chi connectivity index (χ4v) is 8.19. The van der Waals surface area contributed by atoms with Gasteiger partial charge in [0, 0.05) is 37.8 Å². The number of anilines is 1. The number of pyridine rings is 3. The standard InChI is InChI=1S/C18H22FN3O.C8H9N3OS.C7H13N.C2H6/c1-23-17-6-5-16-18(21-17)14(15(19)9-20-16)7-8-22-10-12-3-2-4-13(12)11-22;9-3-5-1-2-6-8(10-5)11-7(12)4-13-6;1-2-6-4-8-5-7(6)3-1;1-2/h5-6,9,12-13H,2-4,7-8,10-11H2,1H3;1-2H,3-4,9H2,(H,10,11,12);6-8H,1-5H2;1-2H3. The average Bonchev–Trinajstić information content (AvgIpc) is 3.89. The molecule has 5 aliphatic rings. The van der Waals surface area contributed by atoms with Crippen molar-refractivity contribution in [2.45, 2.75) is 70.2 Å². The third-order valence-electron chi connectivity index (χ3n) is 9.80. The minimum absolute atomic E-state index is 0.000767. The number of amides is 1. The van der Waals surface area contributed by atoms with Crippen molar-refractivity contribution >= 4 is 34.5 Å². The Hall–Kier alpha value is -2.86. The summed E-state index contributed by atoms with van der Waals surface area (Å²) in [6, 6.07) is 7.42. The zero-order valence-electron chi connectivity index (χ0n) is 27.6. The molecule has 3 aromatic rings. The van der Waals surface area contributed by atoms with Crippen molar-refractivity contribution in [2.24, 2.45) is 29.4 Å². The molecular weight excluding hydrogens is 601 g/mol. The van der Waals surface area contributed by atoms with Crippen LogP contribution >= 0.6 is 11.8 Å². The number of likely N-dealkylation sites (tertiary alicyclic amines) is 1. The predicted molar refractivity (Wildman–Crippen MR) is 184 cm³/mol. The maximum atomic E-state index is 14.3. The lowest BCUT2D eigenvalue weighted by Crippen LogP contribution is -2.24. The van der Waals surface area contributed by atoms with Gasteiger partial charge in [0.1, 0.15) is 11.6 Å². The maximum Gasteiger partial charge on any atom is 0.235 e. The van der Waals surface area contributed by atoms with E-state index in [9.17, 15) is 9.18 Å². The van der Waals surface area contributed by atoms with E-state index in [-0.39, 0.29) is 11.7 Å². The molecule has 4 fully saturated rings. The van der Waals surface area contributed by atoms with Gasteiger partial charge in [-0.05, 0) is 87.1 Å². The summed E-state index contributed by atoms with van der Waals surface area (Å²) in [6.07, 6.45) is 10.6. The van der Waals surface area contributed by atoms with Gasteiger partial charge in [0.25, 0.3) is 0 Å². The van der Waals surface area contributed by atoms with E-state index in [0.717, 1.165) is 46.3 Å². The fraction of sp³-hybridized carbons (Fsp3) is 0.600. The second-order valence-electron chi connectivity index (χ2n) is 12.6. The zero-order valence-corrected chi connectivity index (χ0v) is 28.4. The Morgan fingerprint density at radius 1 is 1.00 bits per heavy atom. The molecule has 0 bridgehead atoms. The second kappa shape index (κ2) is 16.8. The number of methoxy groups -OCH3 is 1. The molecule has 3 aromatic heterocycles. The van der Waals surface area contributed by atoms with Crippen molar-refractivity contribution in [3.8, 4) is 5.88 Å². The van der Waals surface area contributed by atoms with E-state index in [0.29, 0.717) is 41.5 Å². The molecule has 4 N–H and O–H groups in total. The first-order valence-corrected chi connectivity index (χ1v) is 18.0. The molecule has 0 spiro atoms. The molecule has 0 radical (unpaired) electrons. The summed E-state index contributed by atoms with van der Waals surface area (Å²) in [5, 5.41) is 6.13. The third-order valence-corrected chi connectivity index (χ3v) is 10.8. The number of carbonyl (C=O) groups excluding carboxylic acids is 1. The minimum atomic E-state index is -0.266. The predicted octanol–water partition coefficient (Wildman–Crippen LogP) is 5.67. The molecule has 4 unspecified atom stereocenters. The lowest BCUT2D eigenvalue weighted by atomic mass is 10.0. The second-order valence-corrected chi connectivity index (χ2v) is 13.6. The Labute approximate surface area is 277 Å². The number of fused-ring (bicyclic) bond motifs is 4. The quantitative estimate of drug-likeness (QED) is 0.321. The molecule has 4 atom stereocenters. The lowest BCUT2D eigenvalue weighted by Gasteiger charge is -2.17. The Kier molecular flexibility index (Phi) is 12.6. The molecule has 1 amide bonds. The molecule has 0 aromatic carbocycles. The molecule has 11 heteroatoms. The summed E-state index contributed by atoms with van der Waals surface area (Å²) in [4.78, 5) is 27.3. The first-order valence-electron chi connectivity index (χ1n) is 17.0. The SMILES string of the molecule is C1CC2CNCC2C1.CC.COc1ccc2ncc(F)c(CCN3CC4CCCC4C3)c2n1.NCc1ccc2c(n1)NC(=O)CS2. The number of thioether (sulfide) groups is 1. The summed E-state index contributed by atoms with van der Waals surface area (Å²) in [7, 11) is 1.57. The van der Waals surface area contributed by atoms with Crippen LogP contribution < -0.4 is 21.1 Å². The molecule has 2 saturated heterocycles. The average molecular weight is 652 g/mol. The molecule has 2 aliphatic carbocycles. The van der Waals surface area contributed by atoms with Crippen LogP contribution in [0.3, 0.4) is 0 Å². The number of halogens is 1. The van der Waals surface area contributed by atoms with Crippen LogP contribution in [-0.2, 0) is 17.8 Å². The van der Waals surface area contributed by atoms with Gasteiger partial charge in [-0.3, -0.25) is 9.78 Å². The molecular formula is C35H50FN7O2S. The van der Waals surface area contributed by atoms with Crippen LogP contribution in [0, 0.1) is 29.5 Å². The zero-order chi connectivity index (χ0) is 32.5. The molecule has 3 aliphatic heterocycles. The number of hydrogen-bond acceptors (Lipinski definition) is 9. The highest BCUT2D eigenvalue weighted by Crippen LogP contribution is 2.38. The van der Waals surface area contributed by atoms with Crippen molar-refractivity contribution < 1.29 is 13.9 Å². The summed E-state index contributed by atoms with van der Waals surface area (Å²) in [6.45, 7) is 10.3. The van der Waals surface area contributed by atoms with Crippen molar-refractivity contribution in [2.75, 3.05) is 50.9 Å². The van der Waals surface area contributed by atoms with E-state index in [2.05, 4.69) is 30.5 Å². The Morgan fingerprint density at radius 3 is 2.37 bits per heavy atom. The van der Waals surface area contributed by atoms with Crippen molar-refractivity contribution in [1.29, 1.82) is 0 Å². The number of hydrogen-bond donors (Lipinski definition) is 3. The number of aromatic nitrogens is 3. The number of nitrogens with one attached hydrogen (secondary N) is 2. The number of nitrogens with zero attached hydrogens (tertiary/aromatic N) is 4. The fourth-order valence-electron chi connectivity index (χ4n) is 7.44. The monoisotopic (exact) mass is 651 g/mol. The Balaban J connectivity index is 0.000000151. The highest BCUT2D eigenvalue weighted by atomic mass is 32.2. The molecule has 9 nitrogen and oxygen atoms in total. The molecule has 46 heavy (non-hydrogen) atoms. The van der Waals surface area contributed by atoms with Gasteiger partial charge in [-0.25, -0.2) is 14.4 Å². The molecule has 6 heterocycles. The van der Waals surface area contributed by atoms with Crippen molar-refractivity contribution in [3.05, 3.63) is 47.5 Å². The van der Waals surface area contributed by atoms with Crippen LogP contribution in [0.1, 0.15) is 63.6 Å². The van der Waals surface area contributed by atoms with Gasteiger partial charge >= 0.3 is 0 Å². The summed E-state index contributed by atoms with van der Waals surface area (Å²) in [5.74, 6) is 5.21. The van der Waals surface area contributed by atoms with Crippen LogP contribution in [0.5, 0.6) is 5.88 Å². The van der Waals surface area contributed by atoms with E-state index in [1.54, 1.807) is 13.2 Å². The normalized spacial score (nSPS) is 24.3. The Bertz CT molecular complexity index is 1430. The van der Waals surface area contributed by atoms with Crippen LogP contribution in [0.4, 0.5) is 10.2 Å². The van der Waals surface area contributed by atoms with Crippen molar-refractivity contribution in [1.82, 2.24) is 25.2 Å². The first-order chi connectivity index (χ1) is 22.5.